The Morgan fingerprint density at radius 3 is 3.19 bits per heavy atom. The first-order chi connectivity index (χ1) is 7.72. The third-order valence-electron chi connectivity index (χ3n) is 2.61. The fourth-order valence-electron chi connectivity index (χ4n) is 1.80. The zero-order valence-corrected chi connectivity index (χ0v) is 9.23. The maximum Gasteiger partial charge on any atom is 0.338 e. The second kappa shape index (κ2) is 4.63. The number of nitrogens with two attached hydrogens (primary N) is 1. The Hall–Kier alpha value is -1.39. The van der Waals surface area contributed by atoms with Crippen LogP contribution in [0.5, 0.6) is 0 Å². The normalized spacial score (nSPS) is 19.0. The minimum atomic E-state index is -0.302. The number of carbonyl (C=O) groups excluding carboxylic acids is 1. The van der Waals surface area contributed by atoms with E-state index in [1.54, 1.807) is 19.1 Å². The predicted octanol–water partition coefficient (Wildman–Crippen LogP) is 1.39. The first-order valence-electron chi connectivity index (χ1n) is 5.35. The van der Waals surface area contributed by atoms with Gasteiger partial charge in [-0.3, -0.25) is 0 Å². The van der Waals surface area contributed by atoms with Crippen LogP contribution < -0.4 is 5.73 Å². The van der Waals surface area contributed by atoms with Crippen LogP contribution in [0, 0.1) is 0 Å². The van der Waals surface area contributed by atoms with Gasteiger partial charge in [0.2, 0.25) is 0 Å². The average Bonchev–Trinajstić information content (AvgIpc) is 2.29. The van der Waals surface area contributed by atoms with E-state index in [0.29, 0.717) is 25.4 Å². The summed E-state index contributed by atoms with van der Waals surface area (Å²) < 4.78 is 10.3. The van der Waals surface area contributed by atoms with Crippen molar-refractivity contribution in [3.63, 3.8) is 0 Å². The Balaban J connectivity index is 2.30. The fourth-order valence-corrected chi connectivity index (χ4v) is 1.80. The van der Waals surface area contributed by atoms with E-state index >= 15 is 0 Å². The minimum Gasteiger partial charge on any atom is -0.462 e. The zero-order valence-electron chi connectivity index (χ0n) is 9.23. The third kappa shape index (κ3) is 2.08. The Morgan fingerprint density at radius 2 is 2.44 bits per heavy atom. The molecule has 0 aliphatic carbocycles. The van der Waals surface area contributed by atoms with E-state index in [1.807, 2.05) is 6.07 Å². The van der Waals surface area contributed by atoms with Crippen molar-refractivity contribution in [2.45, 2.75) is 19.6 Å². The Morgan fingerprint density at radius 1 is 1.62 bits per heavy atom. The molecule has 0 bridgehead atoms. The summed E-state index contributed by atoms with van der Waals surface area (Å²) in [5.74, 6) is -0.302. The molecule has 4 heteroatoms. The molecule has 1 aliphatic rings. The molecule has 1 aliphatic heterocycles. The summed E-state index contributed by atoms with van der Waals surface area (Å²) >= 11 is 0. The number of hydrogen-bond donors (Lipinski definition) is 1. The van der Waals surface area contributed by atoms with Gasteiger partial charge in [-0.25, -0.2) is 4.79 Å². The highest BCUT2D eigenvalue weighted by molar-refractivity contribution is 5.89. The molecule has 0 radical (unpaired) electrons. The molecule has 1 heterocycles. The van der Waals surface area contributed by atoms with E-state index in [-0.39, 0.29) is 12.0 Å². The smallest absolute Gasteiger partial charge is 0.338 e. The van der Waals surface area contributed by atoms with Crippen molar-refractivity contribution < 1.29 is 14.3 Å². The van der Waals surface area contributed by atoms with Crippen LogP contribution in [-0.2, 0) is 16.1 Å². The maximum atomic E-state index is 11.5. The van der Waals surface area contributed by atoms with Crippen molar-refractivity contribution in [1.29, 1.82) is 0 Å². The van der Waals surface area contributed by atoms with Gasteiger partial charge < -0.3 is 15.2 Å². The quantitative estimate of drug-likeness (QED) is 0.767. The standard InChI is InChI=1S/C12H15NO3/c1-2-16-12(14)8-3-4-9-6-15-7-11(13)10(9)5-8/h3-5,11H,2,6-7,13H2,1H3/t11-/m0/s1. The van der Waals surface area contributed by atoms with Gasteiger partial charge in [0, 0.05) is 0 Å². The van der Waals surface area contributed by atoms with Crippen LogP contribution in [0.2, 0.25) is 0 Å². The Labute approximate surface area is 94.3 Å². The summed E-state index contributed by atoms with van der Waals surface area (Å²) in [5.41, 5.74) is 8.50. The minimum absolute atomic E-state index is 0.155. The van der Waals surface area contributed by atoms with E-state index in [4.69, 9.17) is 15.2 Å². The van der Waals surface area contributed by atoms with Crippen molar-refractivity contribution >= 4 is 5.97 Å². The number of benzene rings is 1. The van der Waals surface area contributed by atoms with Gasteiger partial charge in [-0.15, -0.1) is 0 Å². The number of esters is 1. The van der Waals surface area contributed by atoms with Gasteiger partial charge in [0.1, 0.15) is 0 Å². The highest BCUT2D eigenvalue weighted by Crippen LogP contribution is 2.24. The van der Waals surface area contributed by atoms with Crippen LogP contribution in [0.15, 0.2) is 18.2 Å². The summed E-state index contributed by atoms with van der Waals surface area (Å²) in [5, 5.41) is 0. The molecular weight excluding hydrogens is 206 g/mol. The molecule has 0 amide bonds. The molecule has 0 aromatic heterocycles. The molecule has 0 saturated heterocycles. The van der Waals surface area contributed by atoms with Crippen molar-refractivity contribution in [2.75, 3.05) is 13.2 Å². The van der Waals surface area contributed by atoms with Crippen LogP contribution in [0.4, 0.5) is 0 Å². The summed E-state index contributed by atoms with van der Waals surface area (Å²) in [6.07, 6.45) is 0. The lowest BCUT2D eigenvalue weighted by molar-refractivity contribution is 0.0525. The molecule has 4 nitrogen and oxygen atoms in total. The number of carbonyl (C=O) groups is 1. The lowest BCUT2D eigenvalue weighted by Crippen LogP contribution is -2.24. The molecule has 0 spiro atoms. The molecular formula is C12H15NO3. The van der Waals surface area contributed by atoms with Gasteiger partial charge in [-0.1, -0.05) is 6.07 Å². The summed E-state index contributed by atoms with van der Waals surface area (Å²) in [6, 6.07) is 5.28. The largest absolute Gasteiger partial charge is 0.462 e. The zero-order chi connectivity index (χ0) is 11.5. The molecule has 2 rings (SSSR count). The Bertz CT molecular complexity index is 403. The Kier molecular flexibility index (Phi) is 3.22. The number of ether oxygens (including phenoxy) is 2. The second-order valence-electron chi connectivity index (χ2n) is 3.76. The van der Waals surface area contributed by atoms with E-state index < -0.39 is 0 Å². The van der Waals surface area contributed by atoms with E-state index in [0.717, 1.165) is 11.1 Å². The van der Waals surface area contributed by atoms with Gasteiger partial charge in [-0.05, 0) is 30.2 Å². The van der Waals surface area contributed by atoms with Crippen LogP contribution >= 0.6 is 0 Å². The molecule has 0 fully saturated rings. The summed E-state index contributed by atoms with van der Waals surface area (Å²) in [6.45, 7) is 3.23. The predicted molar refractivity (Wildman–Crippen MR) is 59.0 cm³/mol. The van der Waals surface area contributed by atoms with Gasteiger partial charge in [-0.2, -0.15) is 0 Å². The van der Waals surface area contributed by atoms with E-state index in [2.05, 4.69) is 0 Å². The molecule has 86 valence electrons. The first-order valence-corrected chi connectivity index (χ1v) is 5.35. The number of fused-ring (bicyclic) bond motifs is 1. The van der Waals surface area contributed by atoms with Crippen molar-refractivity contribution in [3.05, 3.63) is 34.9 Å². The molecule has 16 heavy (non-hydrogen) atoms. The van der Waals surface area contributed by atoms with Crippen LogP contribution in [-0.4, -0.2) is 19.2 Å². The van der Waals surface area contributed by atoms with Crippen molar-refractivity contribution in [1.82, 2.24) is 0 Å². The first kappa shape index (κ1) is 11.1. The summed E-state index contributed by atoms with van der Waals surface area (Å²) in [4.78, 5) is 11.5. The topological polar surface area (TPSA) is 61.5 Å². The van der Waals surface area contributed by atoms with Crippen molar-refractivity contribution in [2.24, 2.45) is 5.73 Å². The monoisotopic (exact) mass is 221 g/mol. The fraction of sp³-hybridized carbons (Fsp3) is 0.417. The molecule has 0 saturated carbocycles. The molecule has 1 atom stereocenters. The second-order valence-corrected chi connectivity index (χ2v) is 3.76. The number of rotatable bonds is 2. The molecule has 1 aromatic rings. The molecule has 0 unspecified atom stereocenters. The van der Waals surface area contributed by atoms with E-state index in [9.17, 15) is 4.79 Å². The number of hydrogen-bond acceptors (Lipinski definition) is 4. The highest BCUT2D eigenvalue weighted by atomic mass is 16.5. The van der Waals surface area contributed by atoms with Crippen LogP contribution in [0.1, 0.15) is 34.5 Å². The van der Waals surface area contributed by atoms with Gasteiger partial charge >= 0.3 is 5.97 Å². The van der Waals surface area contributed by atoms with Crippen LogP contribution in [0.25, 0.3) is 0 Å². The summed E-state index contributed by atoms with van der Waals surface area (Å²) in [7, 11) is 0. The highest BCUT2D eigenvalue weighted by Gasteiger charge is 2.19. The third-order valence-corrected chi connectivity index (χ3v) is 2.61. The molecule has 2 N–H and O–H groups in total. The van der Waals surface area contributed by atoms with E-state index in [1.165, 1.54) is 0 Å². The molecule has 1 aromatic carbocycles. The van der Waals surface area contributed by atoms with Gasteiger partial charge in [0.25, 0.3) is 0 Å². The van der Waals surface area contributed by atoms with Crippen molar-refractivity contribution in [3.8, 4) is 0 Å². The van der Waals surface area contributed by atoms with Crippen LogP contribution in [0.3, 0.4) is 0 Å². The van der Waals surface area contributed by atoms with Gasteiger partial charge in [0.15, 0.2) is 0 Å². The maximum absolute atomic E-state index is 11.5. The van der Waals surface area contributed by atoms with Gasteiger partial charge in [0.05, 0.1) is 31.4 Å². The lowest BCUT2D eigenvalue weighted by Gasteiger charge is -2.22. The SMILES string of the molecule is CCOC(=O)c1ccc2c(c1)[C@@H](N)COC2. The lowest BCUT2D eigenvalue weighted by atomic mass is 9.97. The average molecular weight is 221 g/mol.